The van der Waals surface area contributed by atoms with Crippen molar-refractivity contribution in [3.63, 3.8) is 0 Å². The van der Waals surface area contributed by atoms with E-state index in [1.54, 1.807) is 14.2 Å². The summed E-state index contributed by atoms with van der Waals surface area (Å²) in [4.78, 5) is 11.2. The Morgan fingerprint density at radius 3 is 2.22 bits per heavy atom. The van der Waals surface area contributed by atoms with Crippen LogP contribution in [0.5, 0.6) is 0 Å². The second-order valence-corrected chi connectivity index (χ2v) is 3.76. The average Bonchev–Trinajstić information content (AvgIpc) is 2.41. The Kier molecular flexibility index (Phi) is 6.18. The number of methoxy groups -OCH3 is 2. The molecule has 0 saturated heterocycles. The van der Waals surface area contributed by atoms with Crippen LogP contribution in [-0.2, 0) is 14.3 Å². The van der Waals surface area contributed by atoms with Gasteiger partial charge in [0.05, 0.1) is 6.54 Å². The van der Waals surface area contributed by atoms with E-state index >= 15 is 0 Å². The SMILES string of the molecule is CCC(=O)Nc1ccc(NCC(OC)OC)cc1. The van der Waals surface area contributed by atoms with Gasteiger partial charge >= 0.3 is 0 Å². The maximum Gasteiger partial charge on any atom is 0.224 e. The fourth-order valence-corrected chi connectivity index (χ4v) is 1.38. The third-order valence-corrected chi connectivity index (χ3v) is 2.49. The van der Waals surface area contributed by atoms with Crippen LogP contribution in [0.3, 0.4) is 0 Å². The molecule has 0 aromatic heterocycles. The highest BCUT2D eigenvalue weighted by Crippen LogP contribution is 2.13. The van der Waals surface area contributed by atoms with Crippen LogP contribution in [0.4, 0.5) is 11.4 Å². The number of nitrogens with one attached hydrogen (secondary N) is 2. The van der Waals surface area contributed by atoms with Crippen molar-refractivity contribution in [1.82, 2.24) is 0 Å². The summed E-state index contributed by atoms with van der Waals surface area (Å²) < 4.78 is 10.1. The first-order chi connectivity index (χ1) is 8.69. The van der Waals surface area contributed by atoms with E-state index in [9.17, 15) is 4.79 Å². The molecule has 1 aromatic carbocycles. The molecular formula is C13H20N2O3. The van der Waals surface area contributed by atoms with Gasteiger partial charge in [0, 0.05) is 32.0 Å². The summed E-state index contributed by atoms with van der Waals surface area (Å²) in [6.07, 6.45) is 0.202. The first-order valence-corrected chi connectivity index (χ1v) is 5.89. The average molecular weight is 252 g/mol. The molecule has 0 aliphatic carbocycles. The van der Waals surface area contributed by atoms with Crippen molar-refractivity contribution in [1.29, 1.82) is 0 Å². The van der Waals surface area contributed by atoms with Crippen molar-refractivity contribution in [2.75, 3.05) is 31.4 Å². The fourth-order valence-electron chi connectivity index (χ4n) is 1.38. The Morgan fingerprint density at radius 2 is 1.72 bits per heavy atom. The van der Waals surface area contributed by atoms with Crippen LogP contribution in [0.25, 0.3) is 0 Å². The molecular weight excluding hydrogens is 232 g/mol. The lowest BCUT2D eigenvalue weighted by molar-refractivity contribution is -0.115. The van der Waals surface area contributed by atoms with Crippen LogP contribution < -0.4 is 10.6 Å². The number of hydrogen-bond acceptors (Lipinski definition) is 4. The predicted octanol–water partition coefficient (Wildman–Crippen LogP) is 2.07. The van der Waals surface area contributed by atoms with Gasteiger partial charge in [0.2, 0.25) is 5.91 Å². The van der Waals surface area contributed by atoms with Crippen molar-refractivity contribution < 1.29 is 14.3 Å². The minimum atomic E-state index is -0.274. The summed E-state index contributed by atoms with van der Waals surface area (Å²) in [6, 6.07) is 7.50. The van der Waals surface area contributed by atoms with E-state index in [1.165, 1.54) is 0 Å². The molecule has 5 nitrogen and oxygen atoms in total. The Morgan fingerprint density at radius 1 is 1.17 bits per heavy atom. The highest BCUT2D eigenvalue weighted by molar-refractivity contribution is 5.90. The van der Waals surface area contributed by atoms with Gasteiger partial charge in [0.1, 0.15) is 0 Å². The minimum Gasteiger partial charge on any atom is -0.380 e. The lowest BCUT2D eigenvalue weighted by atomic mass is 10.2. The fraction of sp³-hybridized carbons (Fsp3) is 0.462. The van der Waals surface area contributed by atoms with Gasteiger partial charge < -0.3 is 20.1 Å². The molecule has 0 saturated carbocycles. The molecule has 0 spiro atoms. The molecule has 2 N–H and O–H groups in total. The normalized spacial score (nSPS) is 10.4. The van der Waals surface area contributed by atoms with E-state index in [-0.39, 0.29) is 12.2 Å². The molecule has 0 aliphatic heterocycles. The lowest BCUT2D eigenvalue weighted by Gasteiger charge is -2.15. The van der Waals surface area contributed by atoms with Gasteiger partial charge in [-0.25, -0.2) is 0 Å². The molecule has 0 aliphatic rings. The quantitative estimate of drug-likeness (QED) is 0.729. The summed E-state index contributed by atoms with van der Waals surface area (Å²) >= 11 is 0. The van der Waals surface area contributed by atoms with Gasteiger partial charge in [0.25, 0.3) is 0 Å². The van der Waals surface area contributed by atoms with E-state index in [0.29, 0.717) is 13.0 Å². The summed E-state index contributed by atoms with van der Waals surface area (Å²) in [5.74, 6) is 0.00883. The highest BCUT2D eigenvalue weighted by atomic mass is 16.7. The number of rotatable bonds is 7. The molecule has 0 atom stereocenters. The third-order valence-electron chi connectivity index (χ3n) is 2.49. The molecule has 0 radical (unpaired) electrons. The van der Waals surface area contributed by atoms with Crippen molar-refractivity contribution >= 4 is 17.3 Å². The van der Waals surface area contributed by atoms with Gasteiger partial charge in [-0.1, -0.05) is 6.92 Å². The number of amides is 1. The first-order valence-electron chi connectivity index (χ1n) is 5.89. The van der Waals surface area contributed by atoms with E-state index in [1.807, 2.05) is 31.2 Å². The highest BCUT2D eigenvalue weighted by Gasteiger charge is 2.04. The third kappa shape index (κ3) is 4.73. The van der Waals surface area contributed by atoms with Crippen LogP contribution >= 0.6 is 0 Å². The number of anilines is 2. The van der Waals surface area contributed by atoms with E-state index in [0.717, 1.165) is 11.4 Å². The molecule has 0 heterocycles. The molecule has 100 valence electrons. The van der Waals surface area contributed by atoms with Crippen molar-refractivity contribution in [2.24, 2.45) is 0 Å². The second-order valence-electron chi connectivity index (χ2n) is 3.76. The number of carbonyl (C=O) groups is 1. The summed E-state index contributed by atoms with van der Waals surface area (Å²) in [5.41, 5.74) is 1.74. The summed E-state index contributed by atoms with van der Waals surface area (Å²) in [6.45, 7) is 2.38. The molecule has 0 bridgehead atoms. The monoisotopic (exact) mass is 252 g/mol. The van der Waals surface area contributed by atoms with Gasteiger partial charge in [-0.2, -0.15) is 0 Å². The van der Waals surface area contributed by atoms with Crippen LogP contribution in [0.15, 0.2) is 24.3 Å². The lowest BCUT2D eigenvalue weighted by Crippen LogP contribution is -2.23. The first kappa shape index (κ1) is 14.5. The van der Waals surface area contributed by atoms with Crippen LogP contribution in [-0.4, -0.2) is 33.0 Å². The van der Waals surface area contributed by atoms with Crippen LogP contribution in [0.2, 0.25) is 0 Å². The minimum absolute atomic E-state index is 0.00883. The summed E-state index contributed by atoms with van der Waals surface area (Å²) in [5, 5.41) is 5.97. The number of benzene rings is 1. The second kappa shape index (κ2) is 7.68. The van der Waals surface area contributed by atoms with Crippen LogP contribution in [0, 0.1) is 0 Å². The molecule has 0 fully saturated rings. The summed E-state index contributed by atoms with van der Waals surface area (Å²) in [7, 11) is 3.19. The molecule has 18 heavy (non-hydrogen) atoms. The topological polar surface area (TPSA) is 59.6 Å². The van der Waals surface area contributed by atoms with Crippen molar-refractivity contribution in [3.8, 4) is 0 Å². The van der Waals surface area contributed by atoms with E-state index in [4.69, 9.17) is 9.47 Å². The van der Waals surface area contributed by atoms with Gasteiger partial charge in [-0.3, -0.25) is 4.79 Å². The number of ether oxygens (including phenoxy) is 2. The zero-order valence-corrected chi connectivity index (χ0v) is 11.0. The largest absolute Gasteiger partial charge is 0.380 e. The Bertz CT molecular complexity index is 361. The van der Waals surface area contributed by atoms with E-state index < -0.39 is 0 Å². The van der Waals surface area contributed by atoms with Gasteiger partial charge in [-0.05, 0) is 24.3 Å². The number of carbonyl (C=O) groups excluding carboxylic acids is 1. The molecule has 1 aromatic rings. The molecule has 5 heteroatoms. The van der Waals surface area contributed by atoms with E-state index in [2.05, 4.69) is 10.6 Å². The Hall–Kier alpha value is -1.59. The Balaban J connectivity index is 2.47. The van der Waals surface area contributed by atoms with Gasteiger partial charge in [0.15, 0.2) is 6.29 Å². The standard InChI is InChI=1S/C13H20N2O3/c1-4-12(16)15-11-7-5-10(6-8-11)14-9-13(17-2)18-3/h5-8,13-14H,4,9H2,1-3H3,(H,15,16). The maximum atomic E-state index is 11.2. The molecule has 1 rings (SSSR count). The maximum absolute atomic E-state index is 11.2. The zero-order chi connectivity index (χ0) is 13.4. The van der Waals surface area contributed by atoms with Gasteiger partial charge in [-0.15, -0.1) is 0 Å². The molecule has 0 unspecified atom stereocenters. The van der Waals surface area contributed by atoms with Crippen molar-refractivity contribution in [3.05, 3.63) is 24.3 Å². The molecule has 1 amide bonds. The number of hydrogen-bond donors (Lipinski definition) is 2. The zero-order valence-electron chi connectivity index (χ0n) is 11.0. The van der Waals surface area contributed by atoms with Crippen molar-refractivity contribution in [2.45, 2.75) is 19.6 Å². The predicted molar refractivity (Wildman–Crippen MR) is 71.7 cm³/mol. The smallest absolute Gasteiger partial charge is 0.224 e. The van der Waals surface area contributed by atoms with Crippen LogP contribution in [0.1, 0.15) is 13.3 Å². The Labute approximate surface area is 107 Å².